The molecule has 0 fully saturated rings. The van der Waals surface area contributed by atoms with E-state index in [9.17, 15) is 5.11 Å². The first-order valence-corrected chi connectivity index (χ1v) is 8.71. The van der Waals surface area contributed by atoms with Crippen molar-refractivity contribution in [3.05, 3.63) is 83.3 Å². The van der Waals surface area contributed by atoms with E-state index in [0.29, 0.717) is 0 Å². The van der Waals surface area contributed by atoms with Crippen LogP contribution in [0.3, 0.4) is 0 Å². The maximum absolute atomic E-state index is 9.77. The van der Waals surface area contributed by atoms with Gasteiger partial charge in [0.1, 0.15) is 11.6 Å². The van der Waals surface area contributed by atoms with Gasteiger partial charge in [0.05, 0.1) is 11.4 Å². The van der Waals surface area contributed by atoms with Crippen LogP contribution in [-0.4, -0.2) is 15.1 Å². The summed E-state index contributed by atoms with van der Waals surface area (Å²) in [5.74, 6) is 0.952. The maximum Gasteiger partial charge on any atom is 0.138 e. The van der Waals surface area contributed by atoms with Crippen LogP contribution in [0.25, 0.3) is 33.9 Å². The van der Waals surface area contributed by atoms with Crippen molar-refractivity contribution in [1.82, 2.24) is 9.97 Å². The number of hydrogen-bond donors (Lipinski definition) is 2. The highest BCUT2D eigenvalue weighted by molar-refractivity contribution is 9.10. The monoisotopic (exact) mass is 390 g/mol. The molecule has 0 atom stereocenters. The van der Waals surface area contributed by atoms with Crippen molar-refractivity contribution >= 4 is 15.9 Å². The van der Waals surface area contributed by atoms with Gasteiger partial charge in [0.25, 0.3) is 0 Å². The van der Waals surface area contributed by atoms with Gasteiger partial charge in [-0.3, -0.25) is 0 Å². The first kappa shape index (κ1) is 15.7. The first-order chi connectivity index (χ1) is 12.2. The van der Waals surface area contributed by atoms with Crippen LogP contribution in [0.5, 0.6) is 5.75 Å². The Morgan fingerprint density at radius 1 is 0.760 bits per heavy atom. The third-order valence-electron chi connectivity index (χ3n) is 4.00. The van der Waals surface area contributed by atoms with Crippen molar-refractivity contribution in [3.63, 3.8) is 0 Å². The van der Waals surface area contributed by atoms with Gasteiger partial charge >= 0.3 is 0 Å². The summed E-state index contributed by atoms with van der Waals surface area (Å²) in [7, 11) is 0. The number of aromatic nitrogens is 2. The topological polar surface area (TPSA) is 48.9 Å². The number of aromatic amines is 1. The Hall–Kier alpha value is -2.85. The number of phenols is 1. The molecule has 0 bridgehead atoms. The van der Waals surface area contributed by atoms with Crippen LogP contribution < -0.4 is 0 Å². The molecule has 0 saturated carbocycles. The number of aromatic hydroxyl groups is 1. The van der Waals surface area contributed by atoms with Gasteiger partial charge in [0, 0.05) is 21.2 Å². The lowest BCUT2D eigenvalue weighted by molar-refractivity contribution is 0.475. The molecule has 0 spiro atoms. The SMILES string of the molecule is Oc1cccc(-c2nc(-c3ccccc3)c(-c3ccc(Br)cc3)[nH]2)c1. The smallest absolute Gasteiger partial charge is 0.138 e. The Balaban J connectivity index is 1.90. The van der Waals surface area contributed by atoms with Crippen LogP contribution in [0.15, 0.2) is 83.3 Å². The van der Waals surface area contributed by atoms with Gasteiger partial charge in [0.15, 0.2) is 0 Å². The van der Waals surface area contributed by atoms with E-state index in [4.69, 9.17) is 4.98 Å². The van der Waals surface area contributed by atoms with Crippen molar-refractivity contribution in [2.75, 3.05) is 0 Å². The van der Waals surface area contributed by atoms with E-state index in [1.54, 1.807) is 12.1 Å². The summed E-state index contributed by atoms with van der Waals surface area (Å²) in [6.07, 6.45) is 0. The lowest BCUT2D eigenvalue weighted by Gasteiger charge is -2.03. The van der Waals surface area contributed by atoms with E-state index < -0.39 is 0 Å². The molecule has 0 aliphatic heterocycles. The lowest BCUT2D eigenvalue weighted by Crippen LogP contribution is -1.83. The molecular formula is C21H15BrN2O. The molecule has 1 aromatic heterocycles. The fraction of sp³-hybridized carbons (Fsp3) is 0. The van der Waals surface area contributed by atoms with Gasteiger partial charge in [-0.1, -0.05) is 70.5 Å². The Morgan fingerprint density at radius 2 is 1.48 bits per heavy atom. The molecule has 4 rings (SSSR count). The fourth-order valence-corrected chi connectivity index (χ4v) is 3.06. The van der Waals surface area contributed by atoms with Crippen molar-refractivity contribution in [1.29, 1.82) is 0 Å². The number of nitrogens with one attached hydrogen (secondary N) is 1. The molecule has 122 valence electrons. The number of imidazole rings is 1. The summed E-state index contributed by atoms with van der Waals surface area (Å²) in [6.45, 7) is 0. The summed E-state index contributed by atoms with van der Waals surface area (Å²) in [4.78, 5) is 8.23. The van der Waals surface area contributed by atoms with E-state index >= 15 is 0 Å². The Kier molecular flexibility index (Phi) is 4.12. The van der Waals surface area contributed by atoms with Crippen molar-refractivity contribution in [2.45, 2.75) is 0 Å². The van der Waals surface area contributed by atoms with Crippen LogP contribution in [-0.2, 0) is 0 Å². The molecule has 3 aromatic carbocycles. The number of rotatable bonds is 3. The summed E-state index contributed by atoms with van der Waals surface area (Å²) < 4.78 is 1.03. The summed E-state index contributed by atoms with van der Waals surface area (Å²) in [5.41, 5.74) is 4.79. The second kappa shape index (κ2) is 6.57. The molecule has 0 amide bonds. The molecule has 0 aliphatic rings. The highest BCUT2D eigenvalue weighted by Gasteiger charge is 2.15. The number of H-pyrrole nitrogens is 1. The molecular weight excluding hydrogens is 376 g/mol. The number of phenolic OH excluding ortho intramolecular Hbond substituents is 1. The lowest BCUT2D eigenvalue weighted by atomic mass is 10.1. The Bertz CT molecular complexity index is 1010. The van der Waals surface area contributed by atoms with E-state index in [0.717, 1.165) is 38.4 Å². The molecule has 2 N–H and O–H groups in total. The molecule has 0 unspecified atom stereocenters. The van der Waals surface area contributed by atoms with E-state index in [-0.39, 0.29) is 5.75 Å². The first-order valence-electron chi connectivity index (χ1n) is 7.91. The summed E-state index contributed by atoms with van der Waals surface area (Å²) >= 11 is 3.48. The minimum absolute atomic E-state index is 0.223. The van der Waals surface area contributed by atoms with Gasteiger partial charge in [-0.25, -0.2) is 4.98 Å². The van der Waals surface area contributed by atoms with Crippen LogP contribution in [0.2, 0.25) is 0 Å². The van der Waals surface area contributed by atoms with E-state index in [1.165, 1.54) is 0 Å². The maximum atomic E-state index is 9.77. The molecule has 4 heteroatoms. The minimum Gasteiger partial charge on any atom is -0.508 e. The third kappa shape index (κ3) is 3.21. The predicted octanol–water partition coefficient (Wildman–Crippen LogP) is 5.88. The zero-order chi connectivity index (χ0) is 17.2. The molecule has 0 aliphatic carbocycles. The fourth-order valence-electron chi connectivity index (χ4n) is 2.79. The number of halogens is 1. The van der Waals surface area contributed by atoms with Crippen molar-refractivity contribution in [3.8, 4) is 39.7 Å². The average molecular weight is 391 g/mol. The Labute approximate surface area is 154 Å². The molecule has 4 aromatic rings. The van der Waals surface area contributed by atoms with Crippen molar-refractivity contribution in [2.24, 2.45) is 0 Å². The van der Waals surface area contributed by atoms with E-state index in [2.05, 4.69) is 33.0 Å². The molecule has 1 heterocycles. The normalized spacial score (nSPS) is 10.8. The highest BCUT2D eigenvalue weighted by atomic mass is 79.9. The van der Waals surface area contributed by atoms with Crippen LogP contribution in [0, 0.1) is 0 Å². The molecule has 3 nitrogen and oxygen atoms in total. The number of benzene rings is 3. The Morgan fingerprint density at radius 3 is 2.20 bits per heavy atom. The summed E-state index contributed by atoms with van der Waals surface area (Å²) in [6, 6.07) is 25.3. The largest absolute Gasteiger partial charge is 0.508 e. The van der Waals surface area contributed by atoms with Gasteiger partial charge in [-0.15, -0.1) is 0 Å². The zero-order valence-electron chi connectivity index (χ0n) is 13.3. The standard InChI is InChI=1S/C21H15BrN2O/c22-17-11-9-15(10-12-17)20-19(14-5-2-1-3-6-14)23-21(24-20)16-7-4-8-18(25)13-16/h1-13,25H,(H,23,24). The zero-order valence-corrected chi connectivity index (χ0v) is 14.9. The molecule has 0 radical (unpaired) electrons. The van der Waals surface area contributed by atoms with Gasteiger partial charge < -0.3 is 10.1 Å². The summed E-state index contributed by atoms with van der Waals surface area (Å²) in [5, 5.41) is 9.77. The minimum atomic E-state index is 0.223. The quantitative estimate of drug-likeness (QED) is 0.458. The third-order valence-corrected chi connectivity index (χ3v) is 4.53. The second-order valence-corrected chi connectivity index (χ2v) is 6.65. The van der Waals surface area contributed by atoms with Crippen LogP contribution in [0.1, 0.15) is 0 Å². The van der Waals surface area contributed by atoms with Gasteiger partial charge in [-0.2, -0.15) is 0 Å². The van der Waals surface area contributed by atoms with Gasteiger partial charge in [0.2, 0.25) is 0 Å². The van der Waals surface area contributed by atoms with Crippen LogP contribution >= 0.6 is 15.9 Å². The second-order valence-electron chi connectivity index (χ2n) is 5.73. The molecule has 25 heavy (non-hydrogen) atoms. The van der Waals surface area contributed by atoms with Crippen LogP contribution in [0.4, 0.5) is 0 Å². The highest BCUT2D eigenvalue weighted by Crippen LogP contribution is 2.34. The van der Waals surface area contributed by atoms with Gasteiger partial charge in [-0.05, 0) is 24.3 Å². The number of nitrogens with zero attached hydrogens (tertiary/aromatic N) is 1. The molecule has 0 saturated heterocycles. The van der Waals surface area contributed by atoms with Crippen molar-refractivity contribution < 1.29 is 5.11 Å². The average Bonchev–Trinajstić information content (AvgIpc) is 3.08. The predicted molar refractivity (Wildman–Crippen MR) is 104 cm³/mol. The number of hydrogen-bond acceptors (Lipinski definition) is 2. The van der Waals surface area contributed by atoms with E-state index in [1.807, 2.05) is 54.6 Å².